The number of hydrogen-bond acceptors (Lipinski definition) is 3. The highest BCUT2D eigenvalue weighted by atomic mass is 16.3. The first-order valence-electron chi connectivity index (χ1n) is 3.08. The van der Waals surface area contributed by atoms with Crippen LogP contribution in [-0.2, 0) is 6.61 Å². The number of aromatic nitrogens is 2. The Kier molecular flexibility index (Phi) is 1.91. The molecule has 1 rings (SSSR count). The lowest BCUT2D eigenvalue weighted by atomic mass is 10.3. The average molecular weight is 156 g/mol. The fourth-order valence-corrected chi connectivity index (χ4v) is 0.754. The Morgan fingerprint density at radius 2 is 2.00 bits per heavy atom. The SMILES string of the molecule is Cc1c(CO)[nH]c(=O)[nH]c1=O. The van der Waals surface area contributed by atoms with Gasteiger partial charge < -0.3 is 10.1 Å². The van der Waals surface area contributed by atoms with Crippen LogP contribution in [0.15, 0.2) is 9.59 Å². The van der Waals surface area contributed by atoms with Crippen molar-refractivity contribution in [2.45, 2.75) is 13.5 Å². The molecule has 0 fully saturated rings. The summed E-state index contributed by atoms with van der Waals surface area (Å²) in [6.07, 6.45) is 0. The van der Waals surface area contributed by atoms with Crippen molar-refractivity contribution in [2.24, 2.45) is 0 Å². The van der Waals surface area contributed by atoms with Gasteiger partial charge in [-0.25, -0.2) is 4.79 Å². The molecular weight excluding hydrogens is 148 g/mol. The number of hydrogen-bond donors (Lipinski definition) is 3. The average Bonchev–Trinajstić information content (AvgIpc) is 1.96. The number of aromatic amines is 2. The van der Waals surface area contributed by atoms with Crippen LogP contribution in [0, 0.1) is 6.92 Å². The molecule has 0 aliphatic heterocycles. The molecule has 3 N–H and O–H groups in total. The Morgan fingerprint density at radius 1 is 1.36 bits per heavy atom. The van der Waals surface area contributed by atoms with Gasteiger partial charge in [0.25, 0.3) is 5.56 Å². The molecule has 5 heteroatoms. The van der Waals surface area contributed by atoms with Gasteiger partial charge in [0.2, 0.25) is 0 Å². The predicted molar refractivity (Wildman–Crippen MR) is 38.3 cm³/mol. The normalized spacial score (nSPS) is 10.0. The molecule has 0 aliphatic rings. The fraction of sp³-hybridized carbons (Fsp3) is 0.333. The maximum absolute atomic E-state index is 10.8. The summed E-state index contributed by atoms with van der Waals surface area (Å²) in [5, 5.41) is 8.64. The van der Waals surface area contributed by atoms with E-state index in [-0.39, 0.29) is 12.3 Å². The Balaban J connectivity index is 3.49. The molecule has 0 amide bonds. The van der Waals surface area contributed by atoms with E-state index in [0.29, 0.717) is 5.56 Å². The third-order valence-corrected chi connectivity index (χ3v) is 1.44. The van der Waals surface area contributed by atoms with Crippen molar-refractivity contribution >= 4 is 0 Å². The Hall–Kier alpha value is -1.36. The van der Waals surface area contributed by atoms with Crippen molar-refractivity contribution in [1.82, 2.24) is 9.97 Å². The van der Waals surface area contributed by atoms with Gasteiger partial charge in [-0.05, 0) is 6.92 Å². The van der Waals surface area contributed by atoms with Crippen LogP contribution in [0.2, 0.25) is 0 Å². The van der Waals surface area contributed by atoms with Crippen LogP contribution < -0.4 is 11.2 Å². The van der Waals surface area contributed by atoms with E-state index in [1.807, 2.05) is 4.98 Å². The summed E-state index contributed by atoms with van der Waals surface area (Å²) in [4.78, 5) is 25.8. The highest BCUT2D eigenvalue weighted by Crippen LogP contribution is 1.92. The lowest BCUT2D eigenvalue weighted by molar-refractivity contribution is 0.275. The van der Waals surface area contributed by atoms with Crippen LogP contribution >= 0.6 is 0 Å². The minimum Gasteiger partial charge on any atom is -0.390 e. The molecule has 1 heterocycles. The smallest absolute Gasteiger partial charge is 0.325 e. The minimum absolute atomic E-state index is 0.263. The quantitative estimate of drug-likeness (QED) is 0.480. The van der Waals surface area contributed by atoms with Gasteiger partial charge in [-0.2, -0.15) is 0 Å². The molecule has 0 saturated carbocycles. The van der Waals surface area contributed by atoms with Gasteiger partial charge in [0.15, 0.2) is 0 Å². The first kappa shape index (κ1) is 7.74. The molecule has 0 aromatic carbocycles. The Labute approximate surface area is 61.7 Å². The van der Waals surface area contributed by atoms with Crippen LogP contribution in [0.25, 0.3) is 0 Å². The summed E-state index contributed by atoms with van der Waals surface area (Å²) in [6.45, 7) is 1.20. The topological polar surface area (TPSA) is 85.9 Å². The molecule has 0 unspecified atom stereocenters. The zero-order valence-corrected chi connectivity index (χ0v) is 5.97. The van der Waals surface area contributed by atoms with Gasteiger partial charge in [-0.1, -0.05) is 0 Å². The van der Waals surface area contributed by atoms with Crippen molar-refractivity contribution in [3.8, 4) is 0 Å². The van der Waals surface area contributed by atoms with Crippen LogP contribution in [-0.4, -0.2) is 15.1 Å². The summed E-state index contributed by atoms with van der Waals surface area (Å²) in [6, 6.07) is 0. The van der Waals surface area contributed by atoms with E-state index in [1.54, 1.807) is 0 Å². The third-order valence-electron chi connectivity index (χ3n) is 1.44. The third kappa shape index (κ3) is 1.38. The van der Waals surface area contributed by atoms with E-state index >= 15 is 0 Å². The second-order valence-corrected chi connectivity index (χ2v) is 2.17. The van der Waals surface area contributed by atoms with Crippen LogP contribution in [0.5, 0.6) is 0 Å². The van der Waals surface area contributed by atoms with Gasteiger partial charge >= 0.3 is 5.69 Å². The lowest BCUT2D eigenvalue weighted by Gasteiger charge is -1.97. The molecule has 0 saturated heterocycles. The van der Waals surface area contributed by atoms with Crippen LogP contribution in [0.4, 0.5) is 0 Å². The molecule has 11 heavy (non-hydrogen) atoms. The number of aliphatic hydroxyl groups excluding tert-OH is 1. The standard InChI is InChI=1S/C6H8N2O3/c1-3-4(2-9)7-6(11)8-5(3)10/h9H,2H2,1H3,(H2,7,8,10,11). The summed E-state index contributed by atoms with van der Waals surface area (Å²) in [5.41, 5.74) is -0.451. The molecule has 0 bridgehead atoms. The molecule has 1 aromatic rings. The number of nitrogens with one attached hydrogen (secondary N) is 2. The number of aliphatic hydroxyl groups is 1. The molecule has 0 atom stereocenters. The van der Waals surface area contributed by atoms with Crippen molar-refractivity contribution in [2.75, 3.05) is 0 Å². The summed E-state index contributed by atoms with van der Waals surface area (Å²) >= 11 is 0. The van der Waals surface area contributed by atoms with Crippen molar-refractivity contribution < 1.29 is 5.11 Å². The van der Waals surface area contributed by atoms with Gasteiger partial charge in [-0.15, -0.1) is 0 Å². The zero-order chi connectivity index (χ0) is 8.43. The second kappa shape index (κ2) is 2.71. The summed E-state index contributed by atoms with van der Waals surface area (Å²) in [5.74, 6) is 0. The van der Waals surface area contributed by atoms with E-state index in [1.165, 1.54) is 6.92 Å². The first-order chi connectivity index (χ1) is 5.15. The lowest BCUT2D eigenvalue weighted by Crippen LogP contribution is -2.26. The molecule has 60 valence electrons. The molecule has 0 aliphatic carbocycles. The molecule has 0 radical (unpaired) electrons. The minimum atomic E-state index is -0.593. The first-order valence-corrected chi connectivity index (χ1v) is 3.08. The van der Waals surface area contributed by atoms with Crippen molar-refractivity contribution in [3.63, 3.8) is 0 Å². The van der Waals surface area contributed by atoms with Gasteiger partial charge in [0, 0.05) is 5.56 Å². The zero-order valence-electron chi connectivity index (χ0n) is 5.97. The monoisotopic (exact) mass is 156 g/mol. The maximum Gasteiger partial charge on any atom is 0.325 e. The van der Waals surface area contributed by atoms with Crippen molar-refractivity contribution in [1.29, 1.82) is 0 Å². The Morgan fingerprint density at radius 3 is 2.55 bits per heavy atom. The molecular formula is C6H8N2O3. The van der Waals surface area contributed by atoms with E-state index < -0.39 is 11.2 Å². The van der Waals surface area contributed by atoms with Crippen LogP contribution in [0.1, 0.15) is 11.3 Å². The van der Waals surface area contributed by atoms with Gasteiger partial charge in [0.05, 0.1) is 12.3 Å². The second-order valence-electron chi connectivity index (χ2n) is 2.17. The summed E-state index contributed by atoms with van der Waals surface area (Å²) in [7, 11) is 0. The van der Waals surface area contributed by atoms with Crippen molar-refractivity contribution in [3.05, 3.63) is 32.1 Å². The van der Waals surface area contributed by atoms with E-state index in [9.17, 15) is 9.59 Å². The van der Waals surface area contributed by atoms with Crippen LogP contribution in [0.3, 0.4) is 0 Å². The predicted octanol–water partition coefficient (Wildman–Crippen LogP) is -1.14. The van der Waals surface area contributed by atoms with E-state index in [0.717, 1.165) is 0 Å². The number of rotatable bonds is 1. The molecule has 1 aromatic heterocycles. The van der Waals surface area contributed by atoms with E-state index in [4.69, 9.17) is 5.11 Å². The maximum atomic E-state index is 10.8. The van der Waals surface area contributed by atoms with E-state index in [2.05, 4.69) is 4.98 Å². The number of H-pyrrole nitrogens is 2. The fourth-order valence-electron chi connectivity index (χ4n) is 0.754. The highest BCUT2D eigenvalue weighted by Gasteiger charge is 2.01. The highest BCUT2D eigenvalue weighted by molar-refractivity contribution is 5.12. The van der Waals surface area contributed by atoms with Gasteiger partial charge in [-0.3, -0.25) is 9.78 Å². The summed E-state index contributed by atoms with van der Waals surface area (Å²) < 4.78 is 0. The molecule has 0 spiro atoms. The molecule has 5 nitrogen and oxygen atoms in total. The van der Waals surface area contributed by atoms with Gasteiger partial charge in [0.1, 0.15) is 0 Å². The Bertz CT molecular complexity index is 363. The largest absolute Gasteiger partial charge is 0.390 e.